The van der Waals surface area contributed by atoms with Crippen molar-refractivity contribution in [3.63, 3.8) is 0 Å². The van der Waals surface area contributed by atoms with Crippen LogP contribution < -0.4 is 0 Å². The first-order valence-corrected chi connectivity index (χ1v) is 5.54. The molecule has 0 fully saturated rings. The second-order valence-electron chi connectivity index (χ2n) is 3.85. The van der Waals surface area contributed by atoms with Crippen LogP contribution in [-0.2, 0) is 4.74 Å². The number of esters is 1. The molecule has 2 rings (SSSR count). The highest BCUT2D eigenvalue weighted by molar-refractivity contribution is 6.49. The molecule has 0 unspecified atom stereocenters. The topological polar surface area (TPSA) is 121 Å². The van der Waals surface area contributed by atoms with Crippen molar-refractivity contribution in [3.05, 3.63) is 27.8 Å². The fourth-order valence-corrected chi connectivity index (χ4v) is 2.03. The Morgan fingerprint density at radius 1 is 1.10 bits per heavy atom. The normalized spacial score (nSPS) is 13.8. The molecule has 1 aromatic rings. The second-order valence-corrected chi connectivity index (χ2v) is 4.26. The summed E-state index contributed by atoms with van der Waals surface area (Å²) in [5.74, 6) is -6.07. The highest BCUT2D eigenvalue weighted by Gasteiger charge is 2.37. The van der Waals surface area contributed by atoms with Gasteiger partial charge in [0.2, 0.25) is 5.78 Å². The van der Waals surface area contributed by atoms with Gasteiger partial charge in [-0.2, -0.15) is 0 Å². The summed E-state index contributed by atoms with van der Waals surface area (Å²) >= 11 is 5.54. The summed E-state index contributed by atoms with van der Waals surface area (Å²) in [7, 11) is 0.970. The molecule has 104 valence electrons. The number of phenols is 3. The predicted octanol–water partition coefficient (Wildman–Crippen LogP) is 1.09. The summed E-state index contributed by atoms with van der Waals surface area (Å²) in [6, 6.07) is 0. The van der Waals surface area contributed by atoms with Crippen LogP contribution in [0.15, 0.2) is 11.1 Å². The van der Waals surface area contributed by atoms with Crippen molar-refractivity contribution < 1.29 is 34.4 Å². The molecule has 0 radical (unpaired) electrons. The highest BCUT2D eigenvalue weighted by Crippen LogP contribution is 2.45. The lowest BCUT2D eigenvalue weighted by Crippen LogP contribution is -2.17. The Bertz CT molecular complexity index is 702. The monoisotopic (exact) mass is 298 g/mol. The minimum atomic E-state index is -1.19. The van der Waals surface area contributed by atoms with Gasteiger partial charge in [0, 0.05) is 6.08 Å². The van der Waals surface area contributed by atoms with Gasteiger partial charge in [0.15, 0.2) is 17.3 Å². The van der Waals surface area contributed by atoms with Crippen molar-refractivity contribution in [1.82, 2.24) is 0 Å². The number of halogens is 1. The molecule has 0 aromatic heterocycles. The highest BCUT2D eigenvalue weighted by atomic mass is 35.5. The standard InChI is InChI=1S/C12H7ClO7/c1-20-12(19)7-9(16)6-5(10(17)11(7)18)4(14)2-3(13)8(6)15/h2,16-18H,1H3. The van der Waals surface area contributed by atoms with E-state index < -0.39 is 56.5 Å². The van der Waals surface area contributed by atoms with Gasteiger partial charge < -0.3 is 20.1 Å². The van der Waals surface area contributed by atoms with Crippen LogP contribution in [0.3, 0.4) is 0 Å². The Morgan fingerprint density at radius 2 is 1.70 bits per heavy atom. The molecule has 7 nitrogen and oxygen atoms in total. The van der Waals surface area contributed by atoms with Crippen molar-refractivity contribution >= 4 is 29.1 Å². The van der Waals surface area contributed by atoms with Crippen molar-refractivity contribution in [2.24, 2.45) is 0 Å². The van der Waals surface area contributed by atoms with E-state index in [1.165, 1.54) is 0 Å². The van der Waals surface area contributed by atoms with Crippen LogP contribution in [0.5, 0.6) is 17.2 Å². The molecule has 8 heteroatoms. The quantitative estimate of drug-likeness (QED) is 0.403. The number of fused-ring (bicyclic) bond motifs is 1. The maximum Gasteiger partial charge on any atom is 0.345 e. The summed E-state index contributed by atoms with van der Waals surface area (Å²) in [6.07, 6.45) is 0.739. The van der Waals surface area contributed by atoms with Crippen LogP contribution in [0.1, 0.15) is 31.1 Å². The van der Waals surface area contributed by atoms with Crippen LogP contribution in [0.4, 0.5) is 0 Å². The number of aromatic hydroxyl groups is 3. The Morgan fingerprint density at radius 3 is 2.25 bits per heavy atom. The Labute approximate surface area is 116 Å². The van der Waals surface area contributed by atoms with E-state index in [-0.39, 0.29) is 0 Å². The average Bonchev–Trinajstić information content (AvgIpc) is 2.40. The zero-order chi connectivity index (χ0) is 15.2. The van der Waals surface area contributed by atoms with Crippen molar-refractivity contribution in [3.8, 4) is 17.2 Å². The van der Waals surface area contributed by atoms with Gasteiger partial charge >= 0.3 is 5.97 Å². The maximum atomic E-state index is 11.9. The van der Waals surface area contributed by atoms with Crippen molar-refractivity contribution in [2.75, 3.05) is 7.11 Å². The van der Waals surface area contributed by atoms with Gasteiger partial charge in [-0.05, 0) is 0 Å². The van der Waals surface area contributed by atoms with E-state index in [0.717, 1.165) is 13.2 Å². The van der Waals surface area contributed by atoms with Gasteiger partial charge in [-0.1, -0.05) is 11.6 Å². The molecule has 0 bridgehead atoms. The lowest BCUT2D eigenvalue weighted by molar-refractivity contribution is 0.0592. The van der Waals surface area contributed by atoms with E-state index in [4.69, 9.17) is 11.6 Å². The van der Waals surface area contributed by atoms with Crippen LogP contribution >= 0.6 is 11.6 Å². The van der Waals surface area contributed by atoms with Crippen LogP contribution in [-0.4, -0.2) is 40.0 Å². The van der Waals surface area contributed by atoms with E-state index in [1.807, 2.05) is 0 Å². The minimum Gasteiger partial charge on any atom is -0.506 e. The number of phenolic OH excluding ortho intramolecular Hbond substituents is 3. The zero-order valence-corrected chi connectivity index (χ0v) is 10.7. The number of Topliss-reactive ketones (excluding diaryl/α,β-unsaturated/α-hetero) is 1. The van der Waals surface area contributed by atoms with Gasteiger partial charge in [-0.25, -0.2) is 4.79 Å². The third-order valence-corrected chi connectivity index (χ3v) is 3.04. The first-order chi connectivity index (χ1) is 9.31. The van der Waals surface area contributed by atoms with Gasteiger partial charge in [-0.3, -0.25) is 9.59 Å². The van der Waals surface area contributed by atoms with E-state index in [9.17, 15) is 29.7 Å². The fourth-order valence-electron chi connectivity index (χ4n) is 1.84. The molecular weight excluding hydrogens is 292 g/mol. The van der Waals surface area contributed by atoms with Gasteiger partial charge in [0.1, 0.15) is 11.3 Å². The number of hydrogen-bond acceptors (Lipinski definition) is 7. The van der Waals surface area contributed by atoms with E-state index in [2.05, 4.69) is 4.74 Å². The average molecular weight is 299 g/mol. The smallest absolute Gasteiger partial charge is 0.345 e. The first-order valence-electron chi connectivity index (χ1n) is 5.16. The lowest BCUT2D eigenvalue weighted by Gasteiger charge is -2.17. The summed E-state index contributed by atoms with van der Waals surface area (Å²) in [5, 5.41) is 28.9. The molecule has 0 saturated heterocycles. The minimum absolute atomic E-state index is 0.487. The largest absolute Gasteiger partial charge is 0.506 e. The number of ketones is 2. The molecular formula is C12H7ClO7. The summed E-state index contributed by atoms with van der Waals surface area (Å²) in [5.41, 5.74) is -2.10. The van der Waals surface area contributed by atoms with Crippen molar-refractivity contribution in [2.45, 2.75) is 0 Å². The Kier molecular flexibility index (Phi) is 3.15. The molecule has 1 aromatic carbocycles. The number of methoxy groups -OCH3 is 1. The maximum absolute atomic E-state index is 11.9. The summed E-state index contributed by atoms with van der Waals surface area (Å²) < 4.78 is 4.32. The Balaban J connectivity index is 2.91. The molecule has 0 spiro atoms. The number of ether oxygens (including phenoxy) is 1. The summed E-state index contributed by atoms with van der Waals surface area (Å²) in [6.45, 7) is 0. The van der Waals surface area contributed by atoms with E-state index in [1.54, 1.807) is 0 Å². The number of benzene rings is 1. The van der Waals surface area contributed by atoms with Gasteiger partial charge in [-0.15, -0.1) is 0 Å². The number of rotatable bonds is 1. The first kappa shape index (κ1) is 13.9. The SMILES string of the molecule is COC(=O)c1c(O)c(O)c2c(c1O)C(=O)C(Cl)=CC2=O. The number of hydrogen-bond donors (Lipinski definition) is 3. The molecule has 1 aliphatic carbocycles. The molecule has 20 heavy (non-hydrogen) atoms. The molecule has 1 aliphatic rings. The van der Waals surface area contributed by atoms with Gasteiger partial charge in [0.05, 0.1) is 23.3 Å². The fraction of sp³-hybridized carbons (Fsp3) is 0.0833. The Hall–Kier alpha value is -2.54. The molecule has 3 N–H and O–H groups in total. The number of allylic oxidation sites excluding steroid dienone is 2. The zero-order valence-electron chi connectivity index (χ0n) is 9.93. The summed E-state index contributed by atoms with van der Waals surface area (Å²) in [4.78, 5) is 35.0. The molecule has 0 saturated carbocycles. The molecule has 0 amide bonds. The molecule has 0 atom stereocenters. The third-order valence-electron chi connectivity index (χ3n) is 2.76. The molecule has 0 heterocycles. The van der Waals surface area contributed by atoms with Crippen LogP contribution in [0, 0.1) is 0 Å². The molecule has 0 aliphatic heterocycles. The third kappa shape index (κ3) is 1.71. The van der Waals surface area contributed by atoms with Crippen LogP contribution in [0.25, 0.3) is 0 Å². The lowest BCUT2D eigenvalue weighted by atomic mass is 9.90. The van der Waals surface area contributed by atoms with E-state index >= 15 is 0 Å². The van der Waals surface area contributed by atoms with Crippen molar-refractivity contribution in [1.29, 1.82) is 0 Å². The second kappa shape index (κ2) is 4.53. The number of carbonyl (C=O) groups is 3. The van der Waals surface area contributed by atoms with E-state index in [0.29, 0.717) is 0 Å². The van der Waals surface area contributed by atoms with Gasteiger partial charge in [0.25, 0.3) is 0 Å². The number of carbonyl (C=O) groups excluding carboxylic acids is 3. The van der Waals surface area contributed by atoms with Crippen LogP contribution in [0.2, 0.25) is 0 Å². The predicted molar refractivity (Wildman–Crippen MR) is 65.4 cm³/mol.